The zero-order valence-electron chi connectivity index (χ0n) is 18.4. The highest BCUT2D eigenvalue weighted by Gasteiger charge is 2.37. The Kier molecular flexibility index (Phi) is 5.33. The van der Waals surface area contributed by atoms with Gasteiger partial charge in [-0.05, 0) is 35.9 Å². The Labute approximate surface area is 199 Å². The van der Waals surface area contributed by atoms with Gasteiger partial charge in [0.05, 0.1) is 23.8 Å². The summed E-state index contributed by atoms with van der Waals surface area (Å²) in [6, 6.07) is 17.4. The van der Waals surface area contributed by atoms with E-state index in [0.717, 1.165) is 4.90 Å². The molecule has 8 heteroatoms. The molecule has 0 N–H and O–H groups in total. The quantitative estimate of drug-likeness (QED) is 0.186. The number of rotatable bonds is 5. The van der Waals surface area contributed by atoms with E-state index < -0.39 is 24.3 Å². The molecular formula is C27H17NO7. The van der Waals surface area contributed by atoms with E-state index in [1.807, 2.05) is 0 Å². The summed E-state index contributed by atoms with van der Waals surface area (Å²) in [5.74, 6) is -2.46. The highest BCUT2D eigenvalue weighted by molar-refractivity contribution is 6.41. The average molecular weight is 467 g/mol. The molecule has 8 nitrogen and oxygen atoms in total. The van der Waals surface area contributed by atoms with Crippen LogP contribution in [-0.2, 0) is 4.79 Å². The monoisotopic (exact) mass is 467 g/mol. The molecule has 5 rings (SSSR count). The average Bonchev–Trinajstić information content (AvgIpc) is 3.26. The van der Waals surface area contributed by atoms with Crippen LogP contribution in [0.3, 0.4) is 0 Å². The Morgan fingerprint density at radius 3 is 1.86 bits per heavy atom. The van der Waals surface area contributed by atoms with Gasteiger partial charge >= 0.3 is 5.97 Å². The first-order valence-electron chi connectivity index (χ1n) is 10.6. The molecule has 0 saturated carbocycles. The van der Waals surface area contributed by atoms with Crippen LogP contribution in [0.25, 0.3) is 6.08 Å². The standard InChI is InChI=1S/C27H17NO7/c1-34-22-13-15(12-20-24(30)16-6-2-3-7-17(16)25(20)31)10-11-21(22)35-23(29)14-28-26(32)18-8-4-5-9-19(18)27(28)33/h2-13H,14H2,1H3. The normalized spacial score (nSPS) is 14.2. The molecule has 1 aliphatic heterocycles. The number of carbonyl (C=O) groups excluding carboxylic acids is 5. The highest BCUT2D eigenvalue weighted by Crippen LogP contribution is 2.32. The van der Waals surface area contributed by atoms with Crippen molar-refractivity contribution in [2.45, 2.75) is 0 Å². The topological polar surface area (TPSA) is 107 Å². The molecule has 0 aromatic heterocycles. The third kappa shape index (κ3) is 3.71. The molecule has 2 aliphatic rings. The van der Waals surface area contributed by atoms with E-state index in [1.54, 1.807) is 42.5 Å². The minimum absolute atomic E-state index is 0.0311. The number of fused-ring (bicyclic) bond motifs is 2. The summed E-state index contributed by atoms with van der Waals surface area (Å²) in [5.41, 5.74) is 1.70. The van der Waals surface area contributed by atoms with Gasteiger partial charge in [-0.15, -0.1) is 0 Å². The molecule has 1 heterocycles. The third-order valence-electron chi connectivity index (χ3n) is 5.79. The van der Waals surface area contributed by atoms with E-state index in [4.69, 9.17) is 9.47 Å². The summed E-state index contributed by atoms with van der Waals surface area (Å²) in [7, 11) is 1.37. The van der Waals surface area contributed by atoms with Gasteiger partial charge in [0.2, 0.25) is 0 Å². The Bertz CT molecular complexity index is 1410. The largest absolute Gasteiger partial charge is 0.493 e. The molecule has 0 bridgehead atoms. The number of allylic oxidation sites excluding steroid dienone is 1. The molecule has 3 aromatic rings. The number of nitrogens with zero attached hydrogens (tertiary/aromatic N) is 1. The first-order valence-corrected chi connectivity index (χ1v) is 10.6. The van der Waals surface area contributed by atoms with Gasteiger partial charge in [-0.2, -0.15) is 0 Å². The van der Waals surface area contributed by atoms with Crippen LogP contribution in [0.5, 0.6) is 11.5 Å². The number of amides is 2. The van der Waals surface area contributed by atoms with Gasteiger partial charge in [-0.25, -0.2) is 4.79 Å². The number of esters is 1. The maximum atomic E-state index is 12.6. The Balaban J connectivity index is 1.34. The van der Waals surface area contributed by atoms with Crippen molar-refractivity contribution in [1.29, 1.82) is 0 Å². The summed E-state index contributed by atoms with van der Waals surface area (Å²) < 4.78 is 10.7. The molecule has 0 spiro atoms. The predicted octanol–water partition coefficient (Wildman–Crippen LogP) is 3.36. The lowest BCUT2D eigenvalue weighted by atomic mass is 10.1. The van der Waals surface area contributed by atoms with Gasteiger partial charge in [0.15, 0.2) is 23.1 Å². The van der Waals surface area contributed by atoms with Gasteiger partial charge < -0.3 is 9.47 Å². The lowest BCUT2D eigenvalue weighted by molar-refractivity contribution is -0.134. The van der Waals surface area contributed by atoms with Crippen LogP contribution >= 0.6 is 0 Å². The van der Waals surface area contributed by atoms with E-state index in [-0.39, 0.29) is 39.8 Å². The molecule has 2 amide bonds. The van der Waals surface area contributed by atoms with Gasteiger partial charge in [0.25, 0.3) is 11.8 Å². The van der Waals surface area contributed by atoms with Gasteiger partial charge in [0.1, 0.15) is 6.54 Å². The number of ketones is 2. The molecule has 172 valence electrons. The number of hydrogen-bond acceptors (Lipinski definition) is 7. The molecule has 0 saturated heterocycles. The molecule has 0 fully saturated rings. The molecule has 3 aromatic carbocycles. The number of benzene rings is 3. The first-order chi connectivity index (χ1) is 16.9. The van der Waals surface area contributed by atoms with Crippen LogP contribution in [0.15, 0.2) is 72.3 Å². The lowest BCUT2D eigenvalue weighted by Gasteiger charge is -2.14. The molecule has 1 aliphatic carbocycles. The zero-order chi connectivity index (χ0) is 24.7. The van der Waals surface area contributed by atoms with E-state index in [1.165, 1.54) is 37.5 Å². The molecular weight excluding hydrogens is 450 g/mol. The van der Waals surface area contributed by atoms with E-state index in [0.29, 0.717) is 16.7 Å². The van der Waals surface area contributed by atoms with Crippen LogP contribution in [0, 0.1) is 0 Å². The van der Waals surface area contributed by atoms with Gasteiger partial charge in [-0.1, -0.05) is 42.5 Å². The molecule has 35 heavy (non-hydrogen) atoms. The second-order valence-corrected chi connectivity index (χ2v) is 7.89. The van der Waals surface area contributed by atoms with Crippen LogP contribution in [-0.4, -0.2) is 47.9 Å². The van der Waals surface area contributed by atoms with Crippen molar-refractivity contribution < 1.29 is 33.4 Å². The summed E-state index contributed by atoms with van der Waals surface area (Å²) in [6.07, 6.45) is 1.46. The Morgan fingerprint density at radius 2 is 1.31 bits per heavy atom. The van der Waals surface area contributed by atoms with Gasteiger partial charge in [-0.3, -0.25) is 24.1 Å². The van der Waals surface area contributed by atoms with Crippen LogP contribution in [0.1, 0.15) is 47.0 Å². The van der Waals surface area contributed by atoms with Crippen molar-refractivity contribution in [2.24, 2.45) is 0 Å². The molecule has 0 unspecified atom stereocenters. The fourth-order valence-corrected chi connectivity index (χ4v) is 4.10. The van der Waals surface area contributed by atoms with Crippen molar-refractivity contribution in [3.05, 3.63) is 100 Å². The second kappa shape index (κ2) is 8.49. The maximum absolute atomic E-state index is 12.6. The summed E-state index contributed by atoms with van der Waals surface area (Å²) >= 11 is 0. The van der Waals surface area contributed by atoms with Crippen LogP contribution in [0.4, 0.5) is 0 Å². The first kappa shape index (κ1) is 22.0. The minimum atomic E-state index is -0.833. The van der Waals surface area contributed by atoms with Crippen LogP contribution < -0.4 is 9.47 Å². The van der Waals surface area contributed by atoms with Crippen molar-refractivity contribution in [1.82, 2.24) is 4.90 Å². The number of hydrogen-bond donors (Lipinski definition) is 0. The molecule has 0 radical (unpaired) electrons. The van der Waals surface area contributed by atoms with Crippen LogP contribution in [0.2, 0.25) is 0 Å². The fraction of sp³-hybridized carbons (Fsp3) is 0.0741. The second-order valence-electron chi connectivity index (χ2n) is 7.89. The minimum Gasteiger partial charge on any atom is -0.493 e. The van der Waals surface area contributed by atoms with Crippen molar-refractivity contribution in [3.8, 4) is 11.5 Å². The van der Waals surface area contributed by atoms with Crippen molar-refractivity contribution >= 4 is 35.4 Å². The third-order valence-corrected chi connectivity index (χ3v) is 5.79. The van der Waals surface area contributed by atoms with Crippen molar-refractivity contribution in [2.75, 3.05) is 13.7 Å². The summed E-state index contributed by atoms with van der Waals surface area (Å²) in [4.78, 5) is 63.6. The fourth-order valence-electron chi connectivity index (χ4n) is 4.10. The van der Waals surface area contributed by atoms with E-state index in [2.05, 4.69) is 0 Å². The molecule has 0 atom stereocenters. The summed E-state index contributed by atoms with van der Waals surface area (Å²) in [5, 5.41) is 0. The SMILES string of the molecule is COc1cc(C=C2C(=O)c3ccccc3C2=O)ccc1OC(=O)CN1C(=O)c2ccccc2C1=O. The zero-order valence-corrected chi connectivity index (χ0v) is 18.4. The predicted molar refractivity (Wildman–Crippen MR) is 124 cm³/mol. The number of methoxy groups -OCH3 is 1. The Hall–Kier alpha value is -4.85. The van der Waals surface area contributed by atoms with E-state index in [9.17, 15) is 24.0 Å². The van der Waals surface area contributed by atoms with Gasteiger partial charge in [0, 0.05) is 11.1 Å². The smallest absolute Gasteiger partial charge is 0.331 e. The number of imide groups is 1. The Morgan fingerprint density at radius 1 is 0.771 bits per heavy atom. The number of carbonyl (C=O) groups is 5. The lowest BCUT2D eigenvalue weighted by Crippen LogP contribution is -2.36. The number of ether oxygens (including phenoxy) is 2. The summed E-state index contributed by atoms with van der Waals surface area (Å²) in [6.45, 7) is -0.567. The number of Topliss-reactive ketones (excluding diaryl/α,β-unsaturated/α-hetero) is 2. The maximum Gasteiger partial charge on any atom is 0.331 e. The van der Waals surface area contributed by atoms with Crippen molar-refractivity contribution in [3.63, 3.8) is 0 Å². The highest BCUT2D eigenvalue weighted by atomic mass is 16.6. The van der Waals surface area contributed by atoms with E-state index >= 15 is 0 Å².